The Morgan fingerprint density at radius 1 is 0.464 bits per heavy atom. The molecule has 0 aliphatic carbocycles. The summed E-state index contributed by atoms with van der Waals surface area (Å²) in [5.74, 6) is 0. The van der Waals surface area contributed by atoms with Crippen molar-refractivity contribution in [3.05, 3.63) is 199 Å². The summed E-state index contributed by atoms with van der Waals surface area (Å²) in [7, 11) is 0. The monoisotopic (exact) mass is 712 g/mol. The van der Waals surface area contributed by atoms with Crippen molar-refractivity contribution in [1.82, 2.24) is 14.1 Å². The van der Waals surface area contributed by atoms with Crippen LogP contribution in [0.1, 0.15) is 5.56 Å². The largest absolute Gasteiger partial charge is 0.308 e. The first-order valence-electron chi connectivity index (χ1n) is 18.1. The van der Waals surface area contributed by atoms with Gasteiger partial charge in [-0.25, -0.2) is 9.69 Å². The Hall–Kier alpha value is -8.24. The summed E-state index contributed by atoms with van der Waals surface area (Å²) < 4.78 is 4.60. The maximum Gasteiger partial charge on any atom is 0.197 e. The van der Waals surface area contributed by atoms with Crippen molar-refractivity contribution in [2.45, 2.75) is 0 Å². The Kier molecular flexibility index (Phi) is 7.53. The molecular formula is C50H28N6. The molecule has 6 nitrogen and oxygen atoms in total. The van der Waals surface area contributed by atoms with E-state index in [1.54, 1.807) is 12.4 Å². The second kappa shape index (κ2) is 13.0. The van der Waals surface area contributed by atoms with Gasteiger partial charge in [0.05, 0.1) is 58.2 Å². The molecule has 0 radical (unpaired) electrons. The molecule has 0 bridgehead atoms. The minimum Gasteiger partial charge on any atom is -0.308 e. The van der Waals surface area contributed by atoms with E-state index in [0.717, 1.165) is 88.4 Å². The van der Waals surface area contributed by atoms with Crippen molar-refractivity contribution >= 4 is 55.0 Å². The van der Waals surface area contributed by atoms with Gasteiger partial charge < -0.3 is 9.13 Å². The molecular weight excluding hydrogens is 685 g/mol. The topological polar surface area (TPSA) is 55.3 Å². The van der Waals surface area contributed by atoms with Gasteiger partial charge in [0.1, 0.15) is 0 Å². The minimum atomic E-state index is 0.536. The van der Waals surface area contributed by atoms with Crippen LogP contribution in [0.5, 0.6) is 0 Å². The molecule has 0 N–H and O–H groups in total. The Balaban J connectivity index is 1.30. The van der Waals surface area contributed by atoms with E-state index in [4.69, 9.17) is 13.1 Å². The molecule has 0 aliphatic rings. The fraction of sp³-hybridized carbons (Fsp3) is 0. The van der Waals surface area contributed by atoms with E-state index in [2.05, 4.69) is 121 Å². The van der Waals surface area contributed by atoms with Crippen molar-refractivity contribution < 1.29 is 0 Å². The molecule has 0 amide bonds. The van der Waals surface area contributed by atoms with Gasteiger partial charge in [0.15, 0.2) is 11.4 Å². The third-order valence-corrected chi connectivity index (χ3v) is 10.7. The van der Waals surface area contributed by atoms with Crippen molar-refractivity contribution in [2.75, 3.05) is 0 Å². The van der Waals surface area contributed by atoms with Gasteiger partial charge in [-0.15, -0.1) is 0 Å². The van der Waals surface area contributed by atoms with Crippen LogP contribution >= 0.6 is 0 Å². The van der Waals surface area contributed by atoms with E-state index in [-0.39, 0.29) is 0 Å². The van der Waals surface area contributed by atoms with Crippen LogP contribution in [0, 0.1) is 24.5 Å². The molecule has 258 valence electrons. The lowest BCUT2D eigenvalue weighted by atomic mass is 10.0. The highest BCUT2D eigenvalue weighted by Gasteiger charge is 2.23. The number of hydrogen-bond donors (Lipinski definition) is 0. The summed E-state index contributed by atoms with van der Waals surface area (Å²) in [5, 5.41) is 14.0. The summed E-state index contributed by atoms with van der Waals surface area (Å²) in [6.45, 7) is 16.0. The lowest BCUT2D eigenvalue weighted by Gasteiger charge is -2.20. The maximum absolute atomic E-state index is 9.62. The Morgan fingerprint density at radius 3 is 1.62 bits per heavy atom. The summed E-state index contributed by atoms with van der Waals surface area (Å²) in [4.78, 5) is 12.1. The van der Waals surface area contributed by atoms with Gasteiger partial charge in [-0.3, -0.25) is 4.98 Å². The number of nitriles is 1. The van der Waals surface area contributed by atoms with Gasteiger partial charge in [-0.2, -0.15) is 5.26 Å². The van der Waals surface area contributed by atoms with Gasteiger partial charge >= 0.3 is 0 Å². The third kappa shape index (κ3) is 5.12. The standard InChI is InChI=1S/C50H28N6/c1-52-38-12-8-11-35(26-38)37-18-20-47-43(28-37)39-13-3-5-15-45(39)55(47)49-29-41(33-21-23-54-24-22-33)44(53-2)30-50(49)56-46-16-6-4-14-40(46)42-27-36(17-19-48(42)56)34-10-7-9-32(25-34)31-51/h3-30H. The minimum absolute atomic E-state index is 0.536. The summed E-state index contributed by atoms with van der Waals surface area (Å²) in [5.41, 5.74) is 13.4. The molecule has 56 heavy (non-hydrogen) atoms. The average molecular weight is 713 g/mol. The number of fused-ring (bicyclic) bond motifs is 6. The van der Waals surface area contributed by atoms with Crippen LogP contribution in [-0.4, -0.2) is 14.1 Å². The molecule has 6 heteroatoms. The lowest BCUT2D eigenvalue weighted by Crippen LogP contribution is -2.04. The first-order valence-corrected chi connectivity index (χ1v) is 18.1. The highest BCUT2D eigenvalue weighted by molar-refractivity contribution is 6.13. The summed E-state index contributed by atoms with van der Waals surface area (Å²) in [6, 6.07) is 55.6. The predicted molar refractivity (Wildman–Crippen MR) is 226 cm³/mol. The third-order valence-electron chi connectivity index (χ3n) is 10.7. The summed E-state index contributed by atoms with van der Waals surface area (Å²) in [6.07, 6.45) is 3.52. The smallest absolute Gasteiger partial charge is 0.197 e. The SMILES string of the molecule is [C-]#[N+]c1cccc(-c2ccc3c(c2)c2ccccc2n3-c2cc(-c3ccncc3)c([N+]#[C-])cc2-n2c3ccccc3c3cc(-c4cccc(C#N)c4)ccc32)c1. The van der Waals surface area contributed by atoms with Gasteiger partial charge in [-0.1, -0.05) is 78.9 Å². The molecule has 0 aliphatic heterocycles. The zero-order valence-corrected chi connectivity index (χ0v) is 29.8. The Morgan fingerprint density at radius 2 is 1.02 bits per heavy atom. The normalized spacial score (nSPS) is 11.2. The molecule has 3 aromatic heterocycles. The van der Waals surface area contributed by atoms with Gasteiger partial charge in [-0.05, 0) is 112 Å². The number of rotatable bonds is 5. The highest BCUT2D eigenvalue weighted by Crippen LogP contribution is 2.44. The number of para-hydroxylation sites is 2. The first-order chi connectivity index (χ1) is 27.6. The Labute approximate surface area is 322 Å². The molecule has 7 aromatic carbocycles. The molecule has 0 fully saturated rings. The van der Waals surface area contributed by atoms with Crippen LogP contribution in [0.15, 0.2) is 170 Å². The van der Waals surface area contributed by atoms with E-state index in [9.17, 15) is 5.26 Å². The van der Waals surface area contributed by atoms with Gasteiger partial charge in [0.25, 0.3) is 0 Å². The Bertz CT molecular complexity index is 3350. The van der Waals surface area contributed by atoms with E-state index in [1.807, 2.05) is 66.7 Å². The quantitative estimate of drug-likeness (QED) is 0.167. The van der Waals surface area contributed by atoms with Crippen LogP contribution in [0.4, 0.5) is 11.4 Å². The molecule has 0 spiro atoms. The number of aromatic nitrogens is 3. The van der Waals surface area contributed by atoms with Crippen LogP contribution < -0.4 is 0 Å². The van der Waals surface area contributed by atoms with E-state index in [1.165, 1.54) is 0 Å². The number of pyridine rings is 1. The van der Waals surface area contributed by atoms with Crippen LogP contribution in [0.2, 0.25) is 0 Å². The van der Waals surface area contributed by atoms with Crippen LogP contribution in [-0.2, 0) is 0 Å². The van der Waals surface area contributed by atoms with Gasteiger partial charge in [0.2, 0.25) is 0 Å². The number of hydrogen-bond acceptors (Lipinski definition) is 2. The van der Waals surface area contributed by atoms with Crippen molar-refractivity contribution in [2.24, 2.45) is 0 Å². The second-order valence-corrected chi connectivity index (χ2v) is 13.7. The predicted octanol–water partition coefficient (Wildman–Crippen LogP) is 13.3. The zero-order valence-electron chi connectivity index (χ0n) is 29.8. The zero-order chi connectivity index (χ0) is 37.8. The average Bonchev–Trinajstić information content (AvgIpc) is 3.78. The van der Waals surface area contributed by atoms with E-state index in [0.29, 0.717) is 16.9 Å². The first kappa shape index (κ1) is 32.4. The molecule has 0 saturated heterocycles. The molecule has 3 heterocycles. The van der Waals surface area contributed by atoms with Crippen LogP contribution in [0.3, 0.4) is 0 Å². The fourth-order valence-electron chi connectivity index (χ4n) is 8.13. The number of benzene rings is 7. The lowest BCUT2D eigenvalue weighted by molar-refractivity contribution is 1.10. The molecule has 0 saturated carbocycles. The van der Waals surface area contributed by atoms with Crippen molar-refractivity contribution in [1.29, 1.82) is 5.26 Å². The molecule has 0 unspecified atom stereocenters. The molecule has 10 rings (SSSR count). The second-order valence-electron chi connectivity index (χ2n) is 13.7. The molecule has 10 aromatic rings. The number of nitrogens with zero attached hydrogens (tertiary/aromatic N) is 6. The molecule has 0 atom stereocenters. The van der Waals surface area contributed by atoms with E-state index < -0.39 is 0 Å². The fourth-order valence-corrected chi connectivity index (χ4v) is 8.13. The summed E-state index contributed by atoms with van der Waals surface area (Å²) >= 11 is 0. The highest BCUT2D eigenvalue weighted by atomic mass is 15.1. The van der Waals surface area contributed by atoms with Crippen LogP contribution in [0.25, 0.3) is 98.1 Å². The van der Waals surface area contributed by atoms with Crippen molar-refractivity contribution in [3.8, 4) is 50.8 Å². The maximum atomic E-state index is 9.62. The van der Waals surface area contributed by atoms with E-state index >= 15 is 0 Å². The van der Waals surface area contributed by atoms with Crippen molar-refractivity contribution in [3.63, 3.8) is 0 Å². The van der Waals surface area contributed by atoms with Gasteiger partial charge in [0, 0.05) is 33.9 Å².